The maximum atomic E-state index is 14.3. The van der Waals surface area contributed by atoms with Gasteiger partial charge in [-0.2, -0.15) is 9.97 Å². The van der Waals surface area contributed by atoms with Crippen LogP contribution in [0.2, 0.25) is 0 Å². The highest BCUT2D eigenvalue weighted by molar-refractivity contribution is 6.06. The zero-order chi connectivity index (χ0) is 22.4. The molecular weight excluding hydrogens is 416 g/mol. The van der Waals surface area contributed by atoms with Crippen LogP contribution in [0.3, 0.4) is 0 Å². The minimum Gasteiger partial charge on any atom is -0.477 e. The predicted molar refractivity (Wildman–Crippen MR) is 115 cm³/mol. The number of carbonyl (C=O) groups is 1. The summed E-state index contributed by atoms with van der Waals surface area (Å²) in [6.07, 6.45) is 0.632. The lowest BCUT2D eigenvalue weighted by molar-refractivity contribution is 0.100. The Labute approximate surface area is 181 Å². The largest absolute Gasteiger partial charge is 0.477 e. The van der Waals surface area contributed by atoms with Gasteiger partial charge in [0, 0.05) is 24.0 Å². The lowest BCUT2D eigenvalue weighted by atomic mass is 10.1. The number of anilines is 1. The highest BCUT2D eigenvalue weighted by Crippen LogP contribution is 2.33. The van der Waals surface area contributed by atoms with E-state index in [4.69, 9.17) is 10.5 Å². The van der Waals surface area contributed by atoms with Gasteiger partial charge in [0.05, 0.1) is 23.3 Å². The number of nitrogens with one attached hydrogen (secondary N) is 1. The molecule has 2 aromatic heterocycles. The van der Waals surface area contributed by atoms with Crippen molar-refractivity contribution in [3.8, 4) is 11.8 Å². The zero-order valence-electron chi connectivity index (χ0n) is 17.2. The van der Waals surface area contributed by atoms with Crippen LogP contribution < -0.4 is 15.8 Å². The van der Waals surface area contributed by atoms with Crippen LogP contribution in [0.5, 0.6) is 5.88 Å². The maximum Gasteiger partial charge on any atom is 0.249 e. The van der Waals surface area contributed by atoms with Gasteiger partial charge in [0.15, 0.2) is 0 Å². The Balaban J connectivity index is 1.62. The zero-order valence-corrected chi connectivity index (χ0v) is 17.2. The Morgan fingerprint density at radius 1 is 1.19 bits per heavy atom. The molecule has 1 amide bonds. The molecule has 1 aliphatic heterocycles. The van der Waals surface area contributed by atoms with Crippen molar-refractivity contribution in [1.29, 1.82) is 0 Å². The van der Waals surface area contributed by atoms with E-state index >= 15 is 0 Å². The highest BCUT2D eigenvalue weighted by atomic mass is 19.1. The summed E-state index contributed by atoms with van der Waals surface area (Å²) in [6, 6.07) is 10.5. The van der Waals surface area contributed by atoms with Crippen LogP contribution in [0.25, 0.3) is 16.9 Å². The normalized spacial score (nSPS) is 12.6. The van der Waals surface area contributed by atoms with E-state index in [9.17, 15) is 13.6 Å². The second-order valence-corrected chi connectivity index (χ2v) is 7.61. The van der Waals surface area contributed by atoms with E-state index in [1.54, 1.807) is 23.6 Å². The Morgan fingerprint density at radius 3 is 2.81 bits per heavy atom. The van der Waals surface area contributed by atoms with Gasteiger partial charge < -0.3 is 15.8 Å². The van der Waals surface area contributed by atoms with Gasteiger partial charge in [0.1, 0.15) is 17.5 Å². The van der Waals surface area contributed by atoms with Crippen LogP contribution >= 0.6 is 0 Å². The first-order valence-electron chi connectivity index (χ1n) is 10.0. The fourth-order valence-electron chi connectivity index (χ4n) is 4.00. The van der Waals surface area contributed by atoms with Crippen LogP contribution in [0.15, 0.2) is 42.5 Å². The number of fused-ring (bicyclic) bond motifs is 2. The summed E-state index contributed by atoms with van der Waals surface area (Å²) in [7, 11) is 0. The van der Waals surface area contributed by atoms with Gasteiger partial charge in [-0.25, -0.2) is 8.78 Å². The second kappa shape index (κ2) is 7.60. The fourth-order valence-corrected chi connectivity index (χ4v) is 4.00. The van der Waals surface area contributed by atoms with Crippen molar-refractivity contribution in [2.45, 2.75) is 19.9 Å². The van der Waals surface area contributed by atoms with Gasteiger partial charge in [0.25, 0.3) is 0 Å². The van der Waals surface area contributed by atoms with Crippen molar-refractivity contribution >= 4 is 22.6 Å². The lowest BCUT2D eigenvalue weighted by Crippen LogP contribution is -2.12. The summed E-state index contributed by atoms with van der Waals surface area (Å²) in [6.45, 7) is 2.63. The van der Waals surface area contributed by atoms with Gasteiger partial charge >= 0.3 is 0 Å². The van der Waals surface area contributed by atoms with E-state index in [0.717, 1.165) is 17.2 Å². The molecule has 3 heterocycles. The summed E-state index contributed by atoms with van der Waals surface area (Å²) < 4.78 is 35.1. The molecule has 2 aromatic carbocycles. The van der Waals surface area contributed by atoms with E-state index in [1.807, 2.05) is 6.07 Å². The average molecular weight is 435 g/mol. The smallest absolute Gasteiger partial charge is 0.249 e. The Kier molecular flexibility index (Phi) is 4.73. The van der Waals surface area contributed by atoms with Crippen molar-refractivity contribution in [3.63, 3.8) is 0 Å². The summed E-state index contributed by atoms with van der Waals surface area (Å²) in [5.74, 6) is -0.372. The number of aromatic nitrogens is 3. The summed E-state index contributed by atoms with van der Waals surface area (Å²) in [5, 5.41) is 3.75. The third kappa shape index (κ3) is 3.41. The van der Waals surface area contributed by atoms with Crippen molar-refractivity contribution in [2.75, 3.05) is 11.9 Å². The summed E-state index contributed by atoms with van der Waals surface area (Å²) in [4.78, 5) is 21.0. The molecule has 0 unspecified atom stereocenters. The molecule has 0 saturated heterocycles. The van der Waals surface area contributed by atoms with Gasteiger partial charge in [0.2, 0.25) is 17.7 Å². The SMILES string of the molecule is Cc1cc2c(C(N)=O)cc(F)cc2n1-c1nc(NCc2cccc(F)c2)c2c(n1)OCC2. The van der Waals surface area contributed by atoms with Crippen LogP contribution in [-0.2, 0) is 13.0 Å². The van der Waals surface area contributed by atoms with Crippen molar-refractivity contribution in [1.82, 2.24) is 14.5 Å². The topological polar surface area (TPSA) is 95.1 Å². The van der Waals surface area contributed by atoms with Gasteiger partial charge in [-0.1, -0.05) is 12.1 Å². The van der Waals surface area contributed by atoms with E-state index in [-0.39, 0.29) is 17.3 Å². The molecule has 0 fully saturated rings. The molecule has 32 heavy (non-hydrogen) atoms. The number of aryl methyl sites for hydroxylation is 1. The number of primary amides is 1. The lowest BCUT2D eigenvalue weighted by Gasteiger charge is -2.13. The predicted octanol–water partition coefficient (Wildman–Crippen LogP) is 3.65. The molecule has 5 rings (SSSR count). The van der Waals surface area contributed by atoms with E-state index < -0.39 is 11.7 Å². The Hall–Kier alpha value is -4.01. The number of halogens is 2. The number of hydrogen-bond acceptors (Lipinski definition) is 5. The number of ether oxygens (including phenoxy) is 1. The number of benzene rings is 2. The standard InChI is InChI=1S/C23H19F2N5O2/c1-12-7-17-18(20(26)31)9-15(25)10-19(17)30(12)23-28-21(16-5-6-32-22(16)29-23)27-11-13-3-2-4-14(24)8-13/h2-4,7-10H,5-6,11H2,1H3,(H2,26,31)(H,27,28,29). The summed E-state index contributed by atoms with van der Waals surface area (Å²) >= 11 is 0. The molecule has 4 aromatic rings. The molecule has 162 valence electrons. The molecule has 0 bridgehead atoms. The van der Waals surface area contributed by atoms with Crippen molar-refractivity contribution in [3.05, 3.63) is 76.5 Å². The first kappa shape index (κ1) is 19.9. The molecule has 0 atom stereocenters. The van der Waals surface area contributed by atoms with Crippen LogP contribution in [-0.4, -0.2) is 27.0 Å². The van der Waals surface area contributed by atoms with E-state index in [2.05, 4.69) is 15.3 Å². The van der Waals surface area contributed by atoms with Crippen LogP contribution in [0.1, 0.15) is 27.2 Å². The number of hydrogen-bond donors (Lipinski definition) is 2. The number of carbonyl (C=O) groups excluding carboxylic acids is 1. The highest BCUT2D eigenvalue weighted by Gasteiger charge is 2.24. The molecule has 0 radical (unpaired) electrons. The fraction of sp³-hybridized carbons (Fsp3) is 0.174. The number of rotatable bonds is 5. The van der Waals surface area contributed by atoms with Crippen LogP contribution in [0.4, 0.5) is 14.6 Å². The van der Waals surface area contributed by atoms with E-state index in [0.29, 0.717) is 47.9 Å². The quantitative estimate of drug-likeness (QED) is 0.499. The molecule has 7 nitrogen and oxygen atoms in total. The number of nitrogens with two attached hydrogens (primary N) is 1. The molecule has 0 aliphatic carbocycles. The average Bonchev–Trinajstić information content (AvgIpc) is 3.34. The third-order valence-corrected chi connectivity index (χ3v) is 5.43. The number of nitrogens with zero attached hydrogens (tertiary/aromatic N) is 3. The molecule has 0 spiro atoms. The summed E-state index contributed by atoms with van der Waals surface area (Å²) in [5.41, 5.74) is 8.23. The van der Waals surface area contributed by atoms with Gasteiger partial charge in [-0.15, -0.1) is 0 Å². The first-order chi connectivity index (χ1) is 15.4. The Bertz CT molecular complexity index is 1380. The minimum atomic E-state index is -0.720. The van der Waals surface area contributed by atoms with Crippen molar-refractivity contribution < 1.29 is 18.3 Å². The first-order valence-corrected chi connectivity index (χ1v) is 10.0. The van der Waals surface area contributed by atoms with Crippen LogP contribution in [0, 0.1) is 18.6 Å². The molecule has 0 saturated carbocycles. The third-order valence-electron chi connectivity index (χ3n) is 5.43. The Morgan fingerprint density at radius 2 is 2.03 bits per heavy atom. The van der Waals surface area contributed by atoms with Gasteiger partial charge in [-0.3, -0.25) is 9.36 Å². The second-order valence-electron chi connectivity index (χ2n) is 7.61. The molecule has 3 N–H and O–H groups in total. The maximum absolute atomic E-state index is 14.3. The number of amides is 1. The molecule has 9 heteroatoms. The molecular formula is C23H19F2N5O2. The minimum absolute atomic E-state index is 0.0868. The van der Waals surface area contributed by atoms with Crippen molar-refractivity contribution in [2.24, 2.45) is 5.73 Å². The molecule has 1 aliphatic rings. The van der Waals surface area contributed by atoms with E-state index in [1.165, 1.54) is 18.2 Å². The monoisotopic (exact) mass is 435 g/mol. The van der Waals surface area contributed by atoms with Gasteiger partial charge in [-0.05, 0) is 42.8 Å².